The van der Waals surface area contributed by atoms with E-state index in [1.165, 1.54) is 24.6 Å². The Hall–Kier alpha value is -4.18. The lowest BCUT2D eigenvalue weighted by atomic mass is 10.1. The molecule has 41 heavy (non-hydrogen) atoms. The maximum Gasteiger partial charge on any atom is 0.364 e. The number of nitrogens with one attached hydrogen (secondary N) is 1. The molecule has 214 valence electrons. The fourth-order valence-electron chi connectivity index (χ4n) is 4.50. The molecule has 0 aliphatic rings. The van der Waals surface area contributed by atoms with Crippen molar-refractivity contribution in [2.45, 2.75) is 56.9 Å². The van der Waals surface area contributed by atoms with E-state index in [9.17, 15) is 19.1 Å². The number of carbonyl (C=O) groups is 2. The highest BCUT2D eigenvalue weighted by atomic mass is 32.2. The number of carbonyl (C=O) groups excluding carboxylic acids is 1. The Labute approximate surface area is 242 Å². The highest BCUT2D eigenvalue weighted by Crippen LogP contribution is 2.41. The Morgan fingerprint density at radius 2 is 1.78 bits per heavy atom. The van der Waals surface area contributed by atoms with Gasteiger partial charge in [0.05, 0.1) is 11.1 Å². The third kappa shape index (κ3) is 8.17. The molecule has 0 saturated carbocycles. The number of aryl methyl sites for hydroxylation is 2. The molecule has 3 aromatic carbocycles. The molecular weight excluding hydrogens is 543 g/mol. The number of anilines is 1. The van der Waals surface area contributed by atoms with Gasteiger partial charge in [-0.3, -0.25) is 0 Å². The summed E-state index contributed by atoms with van der Waals surface area (Å²) in [5, 5.41) is 31.2. The summed E-state index contributed by atoms with van der Waals surface area (Å²) in [6, 6.07) is 17.4. The van der Waals surface area contributed by atoms with Crippen molar-refractivity contribution in [1.82, 2.24) is 4.57 Å². The minimum atomic E-state index is -0.949. The number of azo groups is 1. The van der Waals surface area contributed by atoms with Gasteiger partial charge < -0.3 is 20.1 Å². The molecule has 2 amide bonds. The number of aromatic hydroxyl groups is 1. The van der Waals surface area contributed by atoms with Crippen molar-refractivity contribution in [2.75, 3.05) is 11.1 Å². The third-order valence-electron chi connectivity index (χ3n) is 6.64. The average molecular weight is 577 g/mol. The van der Waals surface area contributed by atoms with Crippen molar-refractivity contribution in [3.63, 3.8) is 0 Å². The molecule has 10 heteroatoms. The van der Waals surface area contributed by atoms with Crippen molar-refractivity contribution < 1.29 is 24.2 Å². The molecule has 0 fully saturated rings. The second-order valence-electron chi connectivity index (χ2n) is 9.66. The number of aromatic carboxylic acids is 1. The molecule has 0 radical (unpaired) electrons. The molecule has 0 aliphatic carbocycles. The number of urea groups is 1. The number of rotatable bonds is 13. The molecule has 3 N–H and O–H groups in total. The molecule has 4 aromatic rings. The lowest BCUT2D eigenvalue weighted by Crippen LogP contribution is -2.05. The van der Waals surface area contributed by atoms with Crippen LogP contribution in [-0.4, -0.2) is 32.5 Å². The molecule has 1 heterocycles. The predicted octanol–water partition coefficient (Wildman–Crippen LogP) is 8.81. The van der Waals surface area contributed by atoms with Gasteiger partial charge in [0.25, 0.3) is 0 Å². The predicted molar refractivity (Wildman–Crippen MR) is 160 cm³/mol. The topological polar surface area (TPSA) is 116 Å². The number of hydrogen-bond acceptors (Lipinski definition) is 5. The van der Waals surface area contributed by atoms with Crippen LogP contribution in [0.5, 0.6) is 5.88 Å². The summed E-state index contributed by atoms with van der Waals surface area (Å²) in [6.45, 7) is 2.77. The zero-order valence-electron chi connectivity index (χ0n) is 22.8. The first-order valence-corrected chi connectivity index (χ1v) is 14.6. The number of unbranched alkanes of at least 4 members (excludes halogenated alkanes) is 4. The van der Waals surface area contributed by atoms with Crippen molar-refractivity contribution in [1.29, 1.82) is 0 Å². The van der Waals surface area contributed by atoms with E-state index in [0.717, 1.165) is 53.8 Å². The number of benzene rings is 3. The van der Waals surface area contributed by atoms with Crippen LogP contribution in [0.4, 0.5) is 20.6 Å². The van der Waals surface area contributed by atoms with Gasteiger partial charge in [-0.1, -0.05) is 55.9 Å². The number of amides is 2. The molecule has 0 unspecified atom stereocenters. The van der Waals surface area contributed by atoms with E-state index in [-0.39, 0.29) is 22.8 Å². The molecule has 0 bridgehead atoms. The van der Waals surface area contributed by atoms with E-state index >= 15 is 0 Å². The number of thioether (sulfide) groups is 1. The third-order valence-corrected chi connectivity index (χ3v) is 7.64. The Balaban J connectivity index is 1.52. The molecular formula is C31H33FN4O4S. The number of carboxylic acids is 1. The van der Waals surface area contributed by atoms with Crippen LogP contribution in [0.2, 0.25) is 0 Å². The van der Waals surface area contributed by atoms with E-state index in [2.05, 4.69) is 22.5 Å². The maximum atomic E-state index is 13.5. The second-order valence-corrected chi connectivity index (χ2v) is 10.8. The molecule has 0 aliphatic heterocycles. The second kappa shape index (κ2) is 14.5. The largest absolute Gasteiger partial charge is 0.493 e. The van der Waals surface area contributed by atoms with Crippen LogP contribution in [-0.2, 0) is 13.0 Å². The van der Waals surface area contributed by atoms with Gasteiger partial charge in [-0.05, 0) is 66.9 Å². The average Bonchev–Trinajstić information content (AvgIpc) is 3.21. The van der Waals surface area contributed by atoms with Crippen LogP contribution in [0.15, 0.2) is 81.9 Å². The first kappa shape index (κ1) is 29.8. The quantitative estimate of drug-likeness (QED) is 0.0835. The van der Waals surface area contributed by atoms with E-state index < -0.39 is 17.8 Å². The van der Waals surface area contributed by atoms with Crippen LogP contribution in [0.3, 0.4) is 0 Å². The highest BCUT2D eigenvalue weighted by molar-refractivity contribution is 7.99. The fraction of sp³-hybridized carbons (Fsp3) is 0.290. The monoisotopic (exact) mass is 576 g/mol. The summed E-state index contributed by atoms with van der Waals surface area (Å²) in [5.74, 6) is -0.732. The fourth-order valence-corrected chi connectivity index (χ4v) is 5.44. The first-order valence-electron chi connectivity index (χ1n) is 13.6. The Morgan fingerprint density at radius 3 is 2.51 bits per heavy atom. The molecule has 0 spiro atoms. The van der Waals surface area contributed by atoms with Crippen molar-refractivity contribution in [3.8, 4) is 5.88 Å². The van der Waals surface area contributed by atoms with Crippen LogP contribution >= 0.6 is 11.8 Å². The lowest BCUT2D eigenvalue weighted by Gasteiger charge is -2.07. The zero-order valence-corrected chi connectivity index (χ0v) is 23.7. The van der Waals surface area contributed by atoms with Gasteiger partial charge in [-0.2, -0.15) is 0 Å². The Morgan fingerprint density at radius 1 is 1.00 bits per heavy atom. The van der Waals surface area contributed by atoms with Crippen LogP contribution < -0.4 is 5.32 Å². The first-order chi connectivity index (χ1) is 19.9. The maximum absolute atomic E-state index is 13.5. The van der Waals surface area contributed by atoms with Gasteiger partial charge in [0.2, 0.25) is 5.88 Å². The summed E-state index contributed by atoms with van der Waals surface area (Å²) in [6.07, 6.45) is 6.13. The molecule has 0 saturated heterocycles. The molecule has 0 atom stereocenters. The summed E-state index contributed by atoms with van der Waals surface area (Å²) < 4.78 is 15.3. The van der Waals surface area contributed by atoms with E-state index in [1.807, 2.05) is 30.3 Å². The minimum Gasteiger partial charge on any atom is -0.493 e. The van der Waals surface area contributed by atoms with Crippen molar-refractivity contribution in [2.24, 2.45) is 10.2 Å². The standard InChI is InChI=1S/C31H33FN4O4S/c1-2-3-4-5-6-17-36-27-15-14-25(41-18-16-21-10-12-22(13-11-21)30(38)39)20-26(27)28(29(36)37)34-35-31(40)33-24-9-7-8-23(32)19-24/h7-15,19-20,37H,2-6,16-18H2,1H3,(H,33,40)(H,38,39). The van der Waals surface area contributed by atoms with Gasteiger partial charge >= 0.3 is 12.0 Å². The summed E-state index contributed by atoms with van der Waals surface area (Å²) in [7, 11) is 0. The van der Waals surface area contributed by atoms with Gasteiger partial charge in [0.1, 0.15) is 5.82 Å². The number of carboxylic acid groups (broad SMARTS) is 1. The highest BCUT2D eigenvalue weighted by Gasteiger charge is 2.18. The summed E-state index contributed by atoms with van der Waals surface area (Å²) in [5.41, 5.74) is 2.55. The lowest BCUT2D eigenvalue weighted by molar-refractivity contribution is 0.0697. The molecule has 1 aromatic heterocycles. The summed E-state index contributed by atoms with van der Waals surface area (Å²) >= 11 is 1.62. The number of hydrogen-bond donors (Lipinski definition) is 3. The SMILES string of the molecule is CCCCCCCn1c(O)c(N=NC(=O)Nc2cccc(F)c2)c2cc(SCCc3ccc(C(=O)O)cc3)ccc21. The van der Waals surface area contributed by atoms with E-state index in [1.54, 1.807) is 34.5 Å². The molecule has 4 rings (SSSR count). The van der Waals surface area contributed by atoms with E-state index in [4.69, 9.17) is 5.11 Å². The van der Waals surface area contributed by atoms with Crippen LogP contribution in [0, 0.1) is 5.82 Å². The Bertz CT molecular complexity index is 1540. The Kier molecular flexibility index (Phi) is 10.5. The summed E-state index contributed by atoms with van der Waals surface area (Å²) in [4.78, 5) is 24.4. The number of aromatic nitrogens is 1. The van der Waals surface area contributed by atoms with Crippen molar-refractivity contribution >= 4 is 46.0 Å². The number of halogens is 1. The van der Waals surface area contributed by atoms with Crippen molar-refractivity contribution in [3.05, 3.63) is 83.7 Å². The van der Waals surface area contributed by atoms with Gasteiger partial charge in [-0.15, -0.1) is 16.9 Å². The molecule has 8 nitrogen and oxygen atoms in total. The van der Waals surface area contributed by atoms with Crippen LogP contribution in [0.1, 0.15) is 54.9 Å². The normalized spacial score (nSPS) is 11.4. The zero-order chi connectivity index (χ0) is 29.2. The minimum absolute atomic E-state index is 0.0570. The number of nitrogens with zero attached hydrogens (tertiary/aromatic N) is 3. The van der Waals surface area contributed by atoms with Crippen LogP contribution in [0.25, 0.3) is 10.9 Å². The van der Waals surface area contributed by atoms with E-state index in [0.29, 0.717) is 11.9 Å². The van der Waals surface area contributed by atoms with Gasteiger partial charge in [0.15, 0.2) is 5.69 Å². The van der Waals surface area contributed by atoms with Gasteiger partial charge in [-0.25, -0.2) is 14.0 Å². The van der Waals surface area contributed by atoms with Gasteiger partial charge in [0, 0.05) is 28.3 Å². The number of fused-ring (bicyclic) bond motifs is 1. The smallest absolute Gasteiger partial charge is 0.364 e.